The van der Waals surface area contributed by atoms with Gasteiger partial charge in [0.1, 0.15) is 5.75 Å². The van der Waals surface area contributed by atoms with Crippen molar-refractivity contribution in [2.75, 3.05) is 13.7 Å². The lowest BCUT2D eigenvalue weighted by molar-refractivity contribution is 0.414. The van der Waals surface area contributed by atoms with Crippen molar-refractivity contribution in [2.45, 2.75) is 6.92 Å². The van der Waals surface area contributed by atoms with E-state index in [1.807, 2.05) is 37.3 Å². The van der Waals surface area contributed by atoms with Crippen LogP contribution < -0.4 is 4.74 Å². The van der Waals surface area contributed by atoms with E-state index in [9.17, 15) is 0 Å². The lowest BCUT2D eigenvalue weighted by Gasteiger charge is -2.02. The molecule has 0 amide bonds. The van der Waals surface area contributed by atoms with E-state index in [1.165, 1.54) is 0 Å². The maximum Gasteiger partial charge on any atom is 0.119 e. The van der Waals surface area contributed by atoms with Crippen LogP contribution in [0.5, 0.6) is 5.75 Å². The van der Waals surface area contributed by atoms with E-state index in [0.717, 1.165) is 16.9 Å². The van der Waals surface area contributed by atoms with E-state index in [1.54, 1.807) is 7.11 Å². The van der Waals surface area contributed by atoms with E-state index >= 15 is 0 Å². The predicted octanol–water partition coefficient (Wildman–Crippen LogP) is 3.33. The maximum absolute atomic E-state index is 8.09. The van der Waals surface area contributed by atoms with Gasteiger partial charge in [-0.05, 0) is 35.7 Å². The number of hydrogen-bond acceptors (Lipinski definition) is 2. The monoisotopic (exact) mass is 203 g/mol. The second-order valence-corrected chi connectivity index (χ2v) is 3.10. The molecule has 0 bridgehead atoms. The highest BCUT2D eigenvalue weighted by molar-refractivity contribution is 5.53. The van der Waals surface area contributed by atoms with Crippen molar-refractivity contribution in [1.29, 1.82) is 0 Å². The fourth-order valence-corrected chi connectivity index (χ4v) is 1.26. The Kier molecular flexibility index (Phi) is 4.26. The Labute approximate surface area is 88.8 Å². The summed E-state index contributed by atoms with van der Waals surface area (Å²) in [5.74, 6) is 0.832. The molecule has 0 radical (unpaired) electrons. The zero-order valence-electron chi connectivity index (χ0n) is 8.84. The third kappa shape index (κ3) is 3.75. The van der Waals surface area contributed by atoms with E-state index in [0.29, 0.717) is 6.54 Å². The number of aryl methyl sites for hydroxylation is 1. The molecule has 0 unspecified atom stereocenters. The summed E-state index contributed by atoms with van der Waals surface area (Å²) in [6.07, 6.45) is 3.72. The van der Waals surface area contributed by atoms with Crippen molar-refractivity contribution in [3.63, 3.8) is 0 Å². The van der Waals surface area contributed by atoms with Crippen LogP contribution in [0, 0.1) is 6.92 Å². The quantitative estimate of drug-likeness (QED) is 0.420. The molecule has 0 aromatic heterocycles. The zero-order chi connectivity index (χ0) is 11.1. The number of ether oxygens (including phenoxy) is 1. The van der Waals surface area contributed by atoms with Gasteiger partial charge in [0, 0.05) is 11.5 Å². The van der Waals surface area contributed by atoms with Crippen LogP contribution in [0.2, 0.25) is 0 Å². The van der Waals surface area contributed by atoms with Gasteiger partial charge in [-0.1, -0.05) is 23.3 Å². The molecule has 0 atom stereocenters. The van der Waals surface area contributed by atoms with Gasteiger partial charge >= 0.3 is 0 Å². The first kappa shape index (κ1) is 11.1. The smallest absolute Gasteiger partial charge is 0.119 e. The van der Waals surface area contributed by atoms with Gasteiger partial charge in [-0.15, -0.1) is 0 Å². The van der Waals surface area contributed by atoms with Crippen LogP contribution >= 0.6 is 0 Å². The minimum Gasteiger partial charge on any atom is -0.497 e. The molecule has 0 fully saturated rings. The highest BCUT2D eigenvalue weighted by atomic mass is 16.5. The van der Waals surface area contributed by atoms with E-state index in [2.05, 4.69) is 10.0 Å². The fourth-order valence-electron chi connectivity index (χ4n) is 1.26. The van der Waals surface area contributed by atoms with Crippen molar-refractivity contribution < 1.29 is 4.74 Å². The maximum atomic E-state index is 8.09. The van der Waals surface area contributed by atoms with Crippen molar-refractivity contribution in [2.24, 2.45) is 5.11 Å². The summed E-state index contributed by atoms with van der Waals surface area (Å²) in [5, 5.41) is 3.41. The summed E-state index contributed by atoms with van der Waals surface area (Å²) < 4.78 is 5.15. The van der Waals surface area contributed by atoms with E-state index in [4.69, 9.17) is 10.3 Å². The molecule has 1 aromatic rings. The number of nitrogens with zero attached hydrogens (tertiary/aromatic N) is 3. The van der Waals surface area contributed by atoms with Crippen LogP contribution in [0.4, 0.5) is 0 Å². The van der Waals surface area contributed by atoms with E-state index in [-0.39, 0.29) is 0 Å². The molecule has 0 spiro atoms. The lowest BCUT2D eigenvalue weighted by atomic mass is 10.1. The number of methoxy groups -OCH3 is 1. The Bertz CT molecular complexity index is 406. The first-order chi connectivity index (χ1) is 7.26. The van der Waals surface area contributed by atoms with Crippen molar-refractivity contribution >= 4 is 6.08 Å². The lowest BCUT2D eigenvalue weighted by Crippen LogP contribution is -1.85. The highest BCUT2D eigenvalue weighted by Crippen LogP contribution is 2.17. The molecule has 0 saturated heterocycles. The normalized spacial score (nSPS) is 10.0. The van der Waals surface area contributed by atoms with Gasteiger partial charge in [0.05, 0.1) is 7.11 Å². The molecule has 1 aromatic carbocycles. The first-order valence-electron chi connectivity index (χ1n) is 4.59. The van der Waals surface area contributed by atoms with Gasteiger partial charge < -0.3 is 4.74 Å². The predicted molar refractivity (Wildman–Crippen MR) is 60.8 cm³/mol. The number of hydrogen-bond donors (Lipinski definition) is 0. The SMILES string of the molecule is COc1cc(C)cc(C=CCN=[N+]=[N-])c1. The average Bonchev–Trinajstić information content (AvgIpc) is 2.23. The Hall–Kier alpha value is -1.93. The van der Waals surface area contributed by atoms with Crippen LogP contribution in [0.3, 0.4) is 0 Å². The minimum atomic E-state index is 0.368. The van der Waals surface area contributed by atoms with Gasteiger partial charge in [-0.2, -0.15) is 0 Å². The third-order valence-corrected chi connectivity index (χ3v) is 1.87. The number of rotatable bonds is 4. The van der Waals surface area contributed by atoms with Crippen LogP contribution in [-0.2, 0) is 0 Å². The topological polar surface area (TPSA) is 58.0 Å². The summed E-state index contributed by atoms with van der Waals surface area (Å²) in [6.45, 7) is 2.38. The van der Waals surface area contributed by atoms with Crippen molar-refractivity contribution in [3.8, 4) is 5.75 Å². The largest absolute Gasteiger partial charge is 0.497 e. The van der Waals surface area contributed by atoms with Crippen molar-refractivity contribution in [1.82, 2.24) is 0 Å². The molecule has 0 saturated carbocycles. The number of benzene rings is 1. The molecule has 78 valence electrons. The molecule has 0 aliphatic heterocycles. The highest BCUT2D eigenvalue weighted by Gasteiger charge is 1.94. The molecular formula is C11H13N3O. The average molecular weight is 203 g/mol. The van der Waals surface area contributed by atoms with Crippen LogP contribution in [-0.4, -0.2) is 13.7 Å². The molecule has 4 heteroatoms. The first-order valence-corrected chi connectivity index (χ1v) is 4.59. The molecular weight excluding hydrogens is 190 g/mol. The third-order valence-electron chi connectivity index (χ3n) is 1.87. The Balaban J connectivity index is 2.80. The zero-order valence-corrected chi connectivity index (χ0v) is 8.84. The Morgan fingerprint density at radius 2 is 2.27 bits per heavy atom. The summed E-state index contributed by atoms with van der Waals surface area (Å²) in [7, 11) is 1.64. The number of azide groups is 1. The standard InChI is InChI=1S/C11H13N3O/c1-9-6-10(4-3-5-13-14-12)8-11(7-9)15-2/h3-4,6-8H,5H2,1-2H3. The van der Waals surface area contributed by atoms with Gasteiger partial charge in [0.2, 0.25) is 0 Å². The Morgan fingerprint density at radius 1 is 1.47 bits per heavy atom. The molecule has 0 heterocycles. The van der Waals surface area contributed by atoms with Crippen molar-refractivity contribution in [3.05, 3.63) is 45.8 Å². The second kappa shape index (κ2) is 5.73. The molecule has 0 aliphatic carbocycles. The fraction of sp³-hybridized carbons (Fsp3) is 0.273. The van der Waals surface area contributed by atoms with Gasteiger partial charge in [0.15, 0.2) is 0 Å². The molecule has 0 aliphatic rings. The van der Waals surface area contributed by atoms with Crippen LogP contribution in [0.25, 0.3) is 16.5 Å². The van der Waals surface area contributed by atoms with Crippen LogP contribution in [0.1, 0.15) is 11.1 Å². The molecule has 4 nitrogen and oxygen atoms in total. The summed E-state index contributed by atoms with van der Waals surface area (Å²) in [4.78, 5) is 2.67. The van der Waals surface area contributed by atoms with Gasteiger partial charge in [-0.25, -0.2) is 0 Å². The summed E-state index contributed by atoms with van der Waals surface area (Å²) in [6, 6.07) is 5.93. The Morgan fingerprint density at radius 3 is 2.93 bits per heavy atom. The minimum absolute atomic E-state index is 0.368. The summed E-state index contributed by atoms with van der Waals surface area (Å²) in [5.41, 5.74) is 10.3. The second-order valence-electron chi connectivity index (χ2n) is 3.10. The molecule has 15 heavy (non-hydrogen) atoms. The molecule has 1 rings (SSSR count). The summed E-state index contributed by atoms with van der Waals surface area (Å²) >= 11 is 0. The molecule has 0 N–H and O–H groups in total. The van der Waals surface area contributed by atoms with Gasteiger partial charge in [0.25, 0.3) is 0 Å². The van der Waals surface area contributed by atoms with Gasteiger partial charge in [-0.3, -0.25) is 0 Å². The van der Waals surface area contributed by atoms with Crippen LogP contribution in [0.15, 0.2) is 29.4 Å². The van der Waals surface area contributed by atoms with E-state index < -0.39 is 0 Å².